The molecule has 0 spiro atoms. The third-order valence-electron chi connectivity index (χ3n) is 5.21. The van der Waals surface area contributed by atoms with Crippen molar-refractivity contribution in [2.75, 3.05) is 20.8 Å². The zero-order chi connectivity index (χ0) is 22.1. The van der Waals surface area contributed by atoms with Crippen LogP contribution in [-0.2, 0) is 24.1 Å². The maximum atomic E-state index is 12.1. The fraction of sp³-hybridized carbons (Fsp3) is 0.292. The average molecular weight is 421 g/mol. The minimum Gasteiger partial charge on any atom is -0.493 e. The van der Waals surface area contributed by atoms with Gasteiger partial charge in [0.1, 0.15) is 6.04 Å². The molecular formula is C24H28N4O3. The molecule has 0 saturated carbocycles. The maximum absolute atomic E-state index is 12.1. The summed E-state index contributed by atoms with van der Waals surface area (Å²) in [6.07, 6.45) is 9.89. The molecule has 3 aromatic rings. The van der Waals surface area contributed by atoms with Gasteiger partial charge in [-0.15, -0.1) is 0 Å². The van der Waals surface area contributed by atoms with Crippen molar-refractivity contribution in [3.05, 3.63) is 83.4 Å². The molecule has 3 N–H and O–H groups in total. The summed E-state index contributed by atoms with van der Waals surface area (Å²) in [4.78, 5) is 20.4. The van der Waals surface area contributed by atoms with Gasteiger partial charge in [-0.3, -0.25) is 14.8 Å². The van der Waals surface area contributed by atoms with E-state index in [4.69, 9.17) is 15.2 Å². The molecule has 1 aromatic carbocycles. The minimum atomic E-state index is -0.623. The van der Waals surface area contributed by atoms with Crippen LogP contribution >= 0.6 is 0 Å². The number of carbonyl (C=O) groups excluding carboxylic acids is 1. The number of hydrogen-bond acceptors (Lipinski definition) is 6. The molecule has 0 aliphatic rings. The van der Waals surface area contributed by atoms with Crippen LogP contribution in [0.4, 0.5) is 0 Å². The molecule has 2 aromatic heterocycles. The molecule has 1 amide bonds. The lowest BCUT2D eigenvalue weighted by Gasteiger charge is -2.18. The van der Waals surface area contributed by atoms with E-state index in [9.17, 15) is 4.79 Å². The van der Waals surface area contributed by atoms with Crippen LogP contribution in [0.3, 0.4) is 0 Å². The van der Waals surface area contributed by atoms with Crippen LogP contribution in [0.5, 0.6) is 11.5 Å². The van der Waals surface area contributed by atoms with Crippen molar-refractivity contribution in [2.24, 2.45) is 5.73 Å². The van der Waals surface area contributed by atoms with E-state index in [-0.39, 0.29) is 0 Å². The molecule has 0 aliphatic heterocycles. The minimum absolute atomic E-state index is 0.445. The lowest BCUT2D eigenvalue weighted by atomic mass is 10.00. The third kappa shape index (κ3) is 6.02. The molecule has 7 heteroatoms. The third-order valence-corrected chi connectivity index (χ3v) is 5.21. The van der Waals surface area contributed by atoms with E-state index < -0.39 is 11.9 Å². The molecule has 0 saturated heterocycles. The Balaban J connectivity index is 1.64. The van der Waals surface area contributed by atoms with Crippen LogP contribution in [-0.4, -0.2) is 36.6 Å². The van der Waals surface area contributed by atoms with Gasteiger partial charge in [-0.2, -0.15) is 0 Å². The van der Waals surface area contributed by atoms with Crippen LogP contribution in [0, 0.1) is 0 Å². The first-order valence-corrected chi connectivity index (χ1v) is 10.2. The van der Waals surface area contributed by atoms with Gasteiger partial charge < -0.3 is 20.5 Å². The average Bonchev–Trinajstić information content (AvgIpc) is 2.81. The Kier molecular flexibility index (Phi) is 7.95. The van der Waals surface area contributed by atoms with E-state index in [1.807, 2.05) is 42.9 Å². The van der Waals surface area contributed by atoms with Crippen molar-refractivity contribution in [1.29, 1.82) is 0 Å². The number of primary amides is 1. The van der Waals surface area contributed by atoms with Crippen molar-refractivity contribution in [3.63, 3.8) is 0 Å². The molecule has 2 heterocycles. The van der Waals surface area contributed by atoms with E-state index >= 15 is 0 Å². The van der Waals surface area contributed by atoms with Gasteiger partial charge >= 0.3 is 0 Å². The predicted octanol–water partition coefficient (Wildman–Crippen LogP) is 2.64. The summed E-state index contributed by atoms with van der Waals surface area (Å²) in [5, 5.41) is 3.27. The van der Waals surface area contributed by atoms with Crippen molar-refractivity contribution in [2.45, 2.75) is 25.3 Å². The molecule has 0 fully saturated rings. The van der Waals surface area contributed by atoms with Crippen molar-refractivity contribution < 1.29 is 14.3 Å². The molecule has 0 bridgehead atoms. The molecule has 31 heavy (non-hydrogen) atoms. The Labute approximate surface area is 182 Å². The number of nitrogens with zero attached hydrogens (tertiary/aromatic N) is 2. The number of aryl methyl sites for hydroxylation is 2. The SMILES string of the molecule is COc1ccc(C(NCCc2ccncc2CCc2ccncc2)C(N)=O)cc1OC. The second-order valence-corrected chi connectivity index (χ2v) is 7.15. The molecule has 0 aliphatic carbocycles. The zero-order valence-corrected chi connectivity index (χ0v) is 17.9. The first-order chi connectivity index (χ1) is 15.1. The lowest BCUT2D eigenvalue weighted by molar-refractivity contribution is -0.120. The topological polar surface area (TPSA) is 99.4 Å². The number of amides is 1. The quantitative estimate of drug-likeness (QED) is 0.495. The highest BCUT2D eigenvalue weighted by molar-refractivity contribution is 5.81. The Hall–Kier alpha value is -3.45. The number of carbonyl (C=O) groups is 1. The predicted molar refractivity (Wildman–Crippen MR) is 119 cm³/mol. The number of ether oxygens (including phenoxy) is 2. The standard InChI is InChI=1S/C24H28N4O3/c1-30-21-6-5-19(15-22(21)31-2)23(24(25)29)28-14-10-18-9-13-27-16-20(18)4-3-17-7-11-26-12-8-17/h5-9,11-13,15-16,23,28H,3-4,10,14H2,1-2H3,(H2,25,29). The number of aromatic nitrogens is 2. The number of nitrogens with two attached hydrogens (primary N) is 1. The van der Waals surface area contributed by atoms with Crippen LogP contribution in [0.15, 0.2) is 61.2 Å². The summed E-state index contributed by atoms with van der Waals surface area (Å²) in [6, 6.07) is 10.8. The van der Waals surface area contributed by atoms with Crippen LogP contribution < -0.4 is 20.5 Å². The summed E-state index contributed by atoms with van der Waals surface area (Å²) in [7, 11) is 3.13. The Morgan fingerprint density at radius 1 is 0.935 bits per heavy atom. The second kappa shape index (κ2) is 11.1. The van der Waals surface area contributed by atoms with E-state index in [2.05, 4.69) is 15.3 Å². The van der Waals surface area contributed by atoms with Crippen LogP contribution in [0.25, 0.3) is 0 Å². The monoisotopic (exact) mass is 420 g/mol. The number of pyridine rings is 2. The summed E-state index contributed by atoms with van der Waals surface area (Å²) >= 11 is 0. The number of nitrogens with one attached hydrogen (secondary N) is 1. The van der Waals surface area contributed by atoms with Crippen molar-refractivity contribution in [3.8, 4) is 11.5 Å². The lowest BCUT2D eigenvalue weighted by Crippen LogP contribution is -2.34. The van der Waals surface area contributed by atoms with Gasteiger partial charge in [0.2, 0.25) is 5.91 Å². The molecule has 7 nitrogen and oxygen atoms in total. The second-order valence-electron chi connectivity index (χ2n) is 7.15. The highest BCUT2D eigenvalue weighted by atomic mass is 16.5. The van der Waals surface area contributed by atoms with E-state index in [1.54, 1.807) is 32.5 Å². The highest BCUT2D eigenvalue weighted by Gasteiger charge is 2.19. The number of benzene rings is 1. The van der Waals surface area contributed by atoms with E-state index in [0.717, 1.165) is 24.8 Å². The van der Waals surface area contributed by atoms with Crippen LogP contribution in [0.1, 0.15) is 28.3 Å². The summed E-state index contributed by atoms with van der Waals surface area (Å²) in [5.74, 6) is 0.713. The maximum Gasteiger partial charge on any atom is 0.239 e. The fourth-order valence-corrected chi connectivity index (χ4v) is 3.52. The zero-order valence-electron chi connectivity index (χ0n) is 17.9. The van der Waals surface area contributed by atoms with Gasteiger partial charge in [-0.1, -0.05) is 6.07 Å². The first kappa shape index (κ1) is 22.2. The number of rotatable bonds is 11. The summed E-state index contributed by atoms with van der Waals surface area (Å²) < 4.78 is 10.6. The molecule has 0 radical (unpaired) electrons. The van der Waals surface area contributed by atoms with Crippen molar-refractivity contribution in [1.82, 2.24) is 15.3 Å². The Morgan fingerprint density at radius 2 is 1.68 bits per heavy atom. The fourth-order valence-electron chi connectivity index (χ4n) is 3.52. The number of methoxy groups -OCH3 is 2. The van der Waals surface area contributed by atoms with Gasteiger partial charge in [0.25, 0.3) is 0 Å². The normalized spacial score (nSPS) is 11.7. The molecule has 1 atom stereocenters. The summed E-state index contributed by atoms with van der Waals surface area (Å²) in [6.45, 7) is 0.591. The Morgan fingerprint density at radius 3 is 2.39 bits per heavy atom. The van der Waals surface area contributed by atoms with Gasteiger partial charge in [0.05, 0.1) is 14.2 Å². The van der Waals surface area contributed by atoms with Crippen molar-refractivity contribution >= 4 is 5.91 Å². The van der Waals surface area contributed by atoms with Crippen LogP contribution in [0.2, 0.25) is 0 Å². The molecular weight excluding hydrogens is 392 g/mol. The molecule has 162 valence electrons. The first-order valence-electron chi connectivity index (χ1n) is 10.2. The van der Waals surface area contributed by atoms with Gasteiger partial charge in [-0.25, -0.2) is 0 Å². The van der Waals surface area contributed by atoms with Gasteiger partial charge in [0.15, 0.2) is 11.5 Å². The Bertz CT molecular complexity index is 995. The highest BCUT2D eigenvalue weighted by Crippen LogP contribution is 2.30. The molecule has 1 unspecified atom stereocenters. The number of hydrogen-bond donors (Lipinski definition) is 2. The largest absolute Gasteiger partial charge is 0.493 e. The van der Waals surface area contributed by atoms with Gasteiger partial charge in [-0.05, 0) is 71.8 Å². The van der Waals surface area contributed by atoms with E-state index in [1.165, 1.54) is 16.7 Å². The van der Waals surface area contributed by atoms with Gasteiger partial charge in [0, 0.05) is 31.3 Å². The molecule has 3 rings (SSSR count). The smallest absolute Gasteiger partial charge is 0.239 e. The summed E-state index contributed by atoms with van der Waals surface area (Å²) in [5.41, 5.74) is 10.0. The van der Waals surface area contributed by atoms with E-state index in [0.29, 0.717) is 18.0 Å².